The number of aryl methyl sites for hydroxylation is 1. The van der Waals surface area contributed by atoms with Gasteiger partial charge in [0.05, 0.1) is 5.41 Å². The SMILES string of the molecule is CNC(=O)[C@]1(Cc2ccccc2-c2cccc(C)c2)CCN(C(=O)c2ccccc2)C1. The van der Waals surface area contributed by atoms with Crippen LogP contribution in [-0.4, -0.2) is 36.9 Å². The molecule has 4 heteroatoms. The highest BCUT2D eigenvalue weighted by molar-refractivity contribution is 5.95. The number of rotatable bonds is 5. The van der Waals surface area contributed by atoms with Crippen LogP contribution >= 0.6 is 0 Å². The fraction of sp³-hybridized carbons (Fsp3) is 0.259. The summed E-state index contributed by atoms with van der Waals surface area (Å²) in [5.74, 6) is -0.0201. The number of amides is 2. The van der Waals surface area contributed by atoms with Crippen LogP contribution in [0.5, 0.6) is 0 Å². The molecule has 0 aromatic heterocycles. The molecule has 0 bridgehead atoms. The van der Waals surface area contributed by atoms with Crippen molar-refractivity contribution in [3.8, 4) is 11.1 Å². The highest BCUT2D eigenvalue weighted by atomic mass is 16.2. The van der Waals surface area contributed by atoms with E-state index in [2.05, 4.69) is 48.6 Å². The highest BCUT2D eigenvalue weighted by Gasteiger charge is 2.46. The van der Waals surface area contributed by atoms with Crippen LogP contribution in [-0.2, 0) is 11.2 Å². The average molecular weight is 413 g/mol. The van der Waals surface area contributed by atoms with Gasteiger partial charge in [-0.25, -0.2) is 0 Å². The molecule has 4 nitrogen and oxygen atoms in total. The molecular formula is C27H28N2O2. The van der Waals surface area contributed by atoms with E-state index in [0.717, 1.165) is 16.7 Å². The van der Waals surface area contributed by atoms with Crippen LogP contribution in [0.15, 0.2) is 78.9 Å². The Bertz CT molecular complexity index is 1090. The second-order valence-corrected chi connectivity index (χ2v) is 8.41. The molecular weight excluding hydrogens is 384 g/mol. The zero-order valence-corrected chi connectivity index (χ0v) is 18.1. The van der Waals surface area contributed by atoms with Crippen molar-refractivity contribution in [1.29, 1.82) is 0 Å². The molecule has 3 aromatic rings. The smallest absolute Gasteiger partial charge is 0.253 e. The van der Waals surface area contributed by atoms with Gasteiger partial charge in [0.2, 0.25) is 5.91 Å². The molecule has 1 saturated heterocycles. The zero-order chi connectivity index (χ0) is 21.8. The zero-order valence-electron chi connectivity index (χ0n) is 18.1. The van der Waals surface area contributed by atoms with E-state index in [0.29, 0.717) is 31.5 Å². The van der Waals surface area contributed by atoms with Crippen LogP contribution in [0.1, 0.15) is 27.9 Å². The summed E-state index contributed by atoms with van der Waals surface area (Å²) in [6.07, 6.45) is 1.24. The number of carbonyl (C=O) groups excluding carboxylic acids is 2. The number of likely N-dealkylation sites (tertiary alicyclic amines) is 1. The Morgan fingerprint density at radius 3 is 2.45 bits per heavy atom. The van der Waals surface area contributed by atoms with E-state index in [1.54, 1.807) is 7.05 Å². The topological polar surface area (TPSA) is 49.4 Å². The minimum absolute atomic E-state index is 0.00472. The first-order valence-electron chi connectivity index (χ1n) is 10.7. The van der Waals surface area contributed by atoms with Crippen LogP contribution in [0.3, 0.4) is 0 Å². The standard InChI is InChI=1S/C27H28N2O2/c1-20-9-8-13-22(17-20)24-14-7-6-12-23(24)18-27(26(31)28-2)15-16-29(19-27)25(30)21-10-4-3-5-11-21/h3-14,17H,15-16,18-19H2,1-2H3,(H,28,31)/t27-/m0/s1. The van der Waals surface area contributed by atoms with Crippen LogP contribution in [0.4, 0.5) is 0 Å². The van der Waals surface area contributed by atoms with Crippen LogP contribution in [0.25, 0.3) is 11.1 Å². The highest BCUT2D eigenvalue weighted by Crippen LogP contribution is 2.38. The van der Waals surface area contributed by atoms with E-state index in [-0.39, 0.29) is 11.8 Å². The monoisotopic (exact) mass is 412 g/mol. The van der Waals surface area contributed by atoms with Crippen molar-refractivity contribution >= 4 is 11.8 Å². The lowest BCUT2D eigenvalue weighted by atomic mass is 9.78. The lowest BCUT2D eigenvalue weighted by Crippen LogP contribution is -2.44. The van der Waals surface area contributed by atoms with Crippen molar-refractivity contribution in [3.05, 3.63) is 95.6 Å². The number of carbonyl (C=O) groups is 2. The Kier molecular flexibility index (Phi) is 5.90. The Hall–Kier alpha value is -3.40. The van der Waals surface area contributed by atoms with Gasteiger partial charge in [-0.2, -0.15) is 0 Å². The largest absolute Gasteiger partial charge is 0.359 e. The van der Waals surface area contributed by atoms with Crippen LogP contribution in [0, 0.1) is 12.3 Å². The molecule has 1 atom stereocenters. The Morgan fingerprint density at radius 2 is 1.71 bits per heavy atom. The number of hydrogen-bond donors (Lipinski definition) is 1. The summed E-state index contributed by atoms with van der Waals surface area (Å²) >= 11 is 0. The van der Waals surface area contributed by atoms with Gasteiger partial charge in [0, 0.05) is 25.7 Å². The lowest BCUT2D eigenvalue weighted by Gasteiger charge is -2.28. The normalized spacial score (nSPS) is 18.1. The van der Waals surface area contributed by atoms with Crippen LogP contribution < -0.4 is 5.32 Å². The molecule has 1 N–H and O–H groups in total. The third kappa shape index (κ3) is 4.24. The maximum Gasteiger partial charge on any atom is 0.253 e. The van der Waals surface area contributed by atoms with E-state index >= 15 is 0 Å². The second-order valence-electron chi connectivity index (χ2n) is 8.41. The van der Waals surface area contributed by atoms with Gasteiger partial charge in [-0.05, 0) is 48.6 Å². The molecule has 3 aromatic carbocycles. The van der Waals surface area contributed by atoms with E-state index in [9.17, 15) is 9.59 Å². The number of nitrogens with zero attached hydrogens (tertiary/aromatic N) is 1. The molecule has 2 amide bonds. The van der Waals surface area contributed by atoms with Crippen molar-refractivity contribution < 1.29 is 9.59 Å². The summed E-state index contributed by atoms with van der Waals surface area (Å²) in [6.45, 7) is 3.08. The first-order valence-corrected chi connectivity index (χ1v) is 10.7. The molecule has 0 aliphatic carbocycles. The fourth-order valence-electron chi connectivity index (χ4n) is 4.62. The third-order valence-corrected chi connectivity index (χ3v) is 6.25. The number of nitrogens with one attached hydrogen (secondary N) is 1. The van der Waals surface area contributed by atoms with E-state index in [1.807, 2.05) is 47.4 Å². The predicted octanol–water partition coefficient (Wildman–Crippen LogP) is 4.48. The quantitative estimate of drug-likeness (QED) is 0.672. The first kappa shape index (κ1) is 20.9. The minimum Gasteiger partial charge on any atom is -0.359 e. The van der Waals surface area contributed by atoms with Gasteiger partial charge >= 0.3 is 0 Å². The average Bonchev–Trinajstić information content (AvgIpc) is 3.24. The van der Waals surface area contributed by atoms with Crippen molar-refractivity contribution in [1.82, 2.24) is 10.2 Å². The van der Waals surface area contributed by atoms with E-state index < -0.39 is 5.41 Å². The first-order chi connectivity index (χ1) is 15.0. The molecule has 31 heavy (non-hydrogen) atoms. The van der Waals surface area contributed by atoms with E-state index in [4.69, 9.17) is 0 Å². The van der Waals surface area contributed by atoms with Gasteiger partial charge in [0.1, 0.15) is 0 Å². The summed E-state index contributed by atoms with van der Waals surface area (Å²) in [7, 11) is 1.68. The van der Waals surface area contributed by atoms with E-state index in [1.165, 1.54) is 5.56 Å². The number of benzene rings is 3. The molecule has 1 aliphatic rings. The molecule has 1 fully saturated rings. The Balaban J connectivity index is 1.65. The molecule has 0 unspecified atom stereocenters. The summed E-state index contributed by atoms with van der Waals surface area (Å²) in [5.41, 5.74) is 4.65. The lowest BCUT2D eigenvalue weighted by molar-refractivity contribution is -0.129. The maximum absolute atomic E-state index is 13.1. The maximum atomic E-state index is 13.1. The van der Waals surface area contributed by atoms with Gasteiger partial charge in [0.15, 0.2) is 0 Å². The van der Waals surface area contributed by atoms with Crippen molar-refractivity contribution in [3.63, 3.8) is 0 Å². The number of hydrogen-bond acceptors (Lipinski definition) is 2. The van der Waals surface area contributed by atoms with Crippen molar-refractivity contribution in [2.75, 3.05) is 20.1 Å². The molecule has 0 radical (unpaired) electrons. The fourth-order valence-corrected chi connectivity index (χ4v) is 4.62. The van der Waals surface area contributed by atoms with Gasteiger partial charge < -0.3 is 10.2 Å². The Morgan fingerprint density at radius 1 is 0.968 bits per heavy atom. The summed E-state index contributed by atoms with van der Waals surface area (Å²) in [5, 5.41) is 2.86. The van der Waals surface area contributed by atoms with Gasteiger partial charge in [-0.1, -0.05) is 72.3 Å². The molecule has 1 aliphatic heterocycles. The third-order valence-electron chi connectivity index (χ3n) is 6.25. The molecule has 0 saturated carbocycles. The summed E-state index contributed by atoms with van der Waals surface area (Å²) < 4.78 is 0. The summed E-state index contributed by atoms with van der Waals surface area (Å²) in [4.78, 5) is 27.9. The predicted molar refractivity (Wildman–Crippen MR) is 124 cm³/mol. The van der Waals surface area contributed by atoms with Crippen molar-refractivity contribution in [2.24, 2.45) is 5.41 Å². The van der Waals surface area contributed by atoms with Gasteiger partial charge in [0.25, 0.3) is 5.91 Å². The van der Waals surface area contributed by atoms with Gasteiger partial charge in [-0.3, -0.25) is 9.59 Å². The van der Waals surface area contributed by atoms with Gasteiger partial charge in [-0.15, -0.1) is 0 Å². The molecule has 4 rings (SSSR count). The molecule has 158 valence electrons. The second kappa shape index (κ2) is 8.76. The van der Waals surface area contributed by atoms with Crippen LogP contribution in [0.2, 0.25) is 0 Å². The minimum atomic E-state index is -0.640. The summed E-state index contributed by atoms with van der Waals surface area (Å²) in [6, 6.07) is 26.0. The molecule has 1 heterocycles. The van der Waals surface area contributed by atoms with Crippen molar-refractivity contribution in [2.45, 2.75) is 19.8 Å². The molecule has 0 spiro atoms. The Labute approximate surface area is 183 Å².